The molecule has 7 heteroatoms. The number of nitrogens with zero attached hydrogens (tertiary/aromatic N) is 2. The van der Waals surface area contributed by atoms with Gasteiger partial charge < -0.3 is 19.9 Å². The number of carbonyl (C=O) groups is 2. The van der Waals surface area contributed by atoms with Crippen LogP contribution < -0.4 is 15.0 Å². The summed E-state index contributed by atoms with van der Waals surface area (Å²) in [6, 6.07) is 13.9. The predicted molar refractivity (Wildman–Crippen MR) is 110 cm³/mol. The molecule has 0 aromatic heterocycles. The van der Waals surface area contributed by atoms with Gasteiger partial charge in [0.15, 0.2) is 0 Å². The van der Waals surface area contributed by atoms with E-state index >= 15 is 0 Å². The molecule has 0 spiro atoms. The second-order valence-corrected chi connectivity index (χ2v) is 7.12. The second-order valence-electron chi connectivity index (χ2n) is 6.69. The predicted octanol–water partition coefficient (Wildman–Crippen LogP) is 2.82. The van der Waals surface area contributed by atoms with E-state index in [0.717, 1.165) is 11.4 Å². The van der Waals surface area contributed by atoms with E-state index < -0.39 is 6.04 Å². The van der Waals surface area contributed by atoms with Gasteiger partial charge in [-0.2, -0.15) is 0 Å². The number of halogens is 1. The van der Waals surface area contributed by atoms with Gasteiger partial charge in [0.05, 0.1) is 12.8 Å². The number of methoxy groups -OCH3 is 1. The fourth-order valence-electron chi connectivity index (χ4n) is 3.28. The van der Waals surface area contributed by atoms with E-state index in [1.807, 2.05) is 24.3 Å². The molecule has 2 aromatic rings. The van der Waals surface area contributed by atoms with Crippen LogP contribution in [0.4, 0.5) is 5.69 Å². The molecule has 0 unspecified atom stereocenters. The number of benzene rings is 2. The first-order valence-corrected chi connectivity index (χ1v) is 9.60. The standard InChI is InChI=1S/C21H24ClN3O3/c1-15(23-20(26)16-7-9-17(22)10-8-16)21(27)25-13-11-24(12-14-25)18-5-3-4-6-19(18)28-2/h3-10,15H,11-14H2,1-2H3,(H,23,26)/t15-/m0/s1. The van der Waals surface area contributed by atoms with Crippen molar-refractivity contribution < 1.29 is 14.3 Å². The Morgan fingerprint density at radius 3 is 2.32 bits per heavy atom. The molecule has 1 aliphatic heterocycles. The van der Waals surface area contributed by atoms with E-state index in [1.165, 1.54) is 0 Å². The first kappa shape index (κ1) is 20.0. The van der Waals surface area contributed by atoms with Gasteiger partial charge in [-0.1, -0.05) is 23.7 Å². The number of carbonyl (C=O) groups excluding carboxylic acids is 2. The maximum absolute atomic E-state index is 12.7. The molecule has 1 aliphatic rings. The van der Waals surface area contributed by atoms with Crippen molar-refractivity contribution in [3.05, 3.63) is 59.1 Å². The van der Waals surface area contributed by atoms with E-state index in [-0.39, 0.29) is 11.8 Å². The van der Waals surface area contributed by atoms with Crippen molar-refractivity contribution in [2.75, 3.05) is 38.2 Å². The molecule has 1 N–H and O–H groups in total. The fourth-order valence-corrected chi connectivity index (χ4v) is 3.40. The number of piperazine rings is 1. The lowest BCUT2D eigenvalue weighted by molar-refractivity contribution is -0.133. The molecule has 1 atom stereocenters. The van der Waals surface area contributed by atoms with Crippen LogP contribution in [-0.4, -0.2) is 56.0 Å². The molecule has 2 aromatic carbocycles. The summed E-state index contributed by atoms with van der Waals surface area (Å²) in [6.07, 6.45) is 0. The van der Waals surface area contributed by atoms with Crippen molar-refractivity contribution in [3.63, 3.8) is 0 Å². The lowest BCUT2D eigenvalue weighted by Crippen LogP contribution is -2.54. The van der Waals surface area contributed by atoms with Gasteiger partial charge in [0, 0.05) is 36.8 Å². The summed E-state index contributed by atoms with van der Waals surface area (Å²) < 4.78 is 5.43. The van der Waals surface area contributed by atoms with Gasteiger partial charge in [-0.25, -0.2) is 0 Å². The van der Waals surface area contributed by atoms with Crippen molar-refractivity contribution in [1.29, 1.82) is 0 Å². The van der Waals surface area contributed by atoms with Crippen molar-refractivity contribution >= 4 is 29.1 Å². The normalized spacial score (nSPS) is 15.1. The van der Waals surface area contributed by atoms with Crippen molar-refractivity contribution in [1.82, 2.24) is 10.2 Å². The number of nitrogens with one attached hydrogen (secondary N) is 1. The van der Waals surface area contributed by atoms with Crippen LogP contribution in [0.15, 0.2) is 48.5 Å². The number of hydrogen-bond donors (Lipinski definition) is 1. The minimum Gasteiger partial charge on any atom is -0.495 e. The molecule has 6 nitrogen and oxygen atoms in total. The highest BCUT2D eigenvalue weighted by Gasteiger charge is 2.27. The molecule has 0 radical (unpaired) electrons. The number of amides is 2. The Hall–Kier alpha value is -2.73. The summed E-state index contributed by atoms with van der Waals surface area (Å²) in [5.74, 6) is 0.457. The molecule has 3 rings (SSSR count). The molecule has 28 heavy (non-hydrogen) atoms. The van der Waals surface area contributed by atoms with E-state index in [4.69, 9.17) is 16.3 Å². The topological polar surface area (TPSA) is 61.9 Å². The molecule has 148 valence electrons. The summed E-state index contributed by atoms with van der Waals surface area (Å²) >= 11 is 5.84. The monoisotopic (exact) mass is 401 g/mol. The van der Waals surface area contributed by atoms with Crippen LogP contribution in [0.1, 0.15) is 17.3 Å². The first-order valence-electron chi connectivity index (χ1n) is 9.23. The highest BCUT2D eigenvalue weighted by atomic mass is 35.5. The smallest absolute Gasteiger partial charge is 0.251 e. The number of ether oxygens (including phenoxy) is 1. The number of rotatable bonds is 5. The Labute approximate surface area is 170 Å². The minimum absolute atomic E-state index is 0.0815. The lowest BCUT2D eigenvalue weighted by atomic mass is 10.1. The number of anilines is 1. The van der Waals surface area contributed by atoms with Gasteiger partial charge in [0.25, 0.3) is 5.91 Å². The SMILES string of the molecule is COc1ccccc1N1CCN(C(=O)[C@H](C)NC(=O)c2ccc(Cl)cc2)CC1. The molecule has 0 bridgehead atoms. The quantitative estimate of drug-likeness (QED) is 0.836. The maximum Gasteiger partial charge on any atom is 0.251 e. The van der Waals surface area contributed by atoms with Crippen molar-refractivity contribution in [2.45, 2.75) is 13.0 Å². The maximum atomic E-state index is 12.7. The average molecular weight is 402 g/mol. The Morgan fingerprint density at radius 2 is 1.68 bits per heavy atom. The molecule has 0 aliphatic carbocycles. The fraction of sp³-hybridized carbons (Fsp3) is 0.333. The Morgan fingerprint density at radius 1 is 1.04 bits per heavy atom. The highest BCUT2D eigenvalue weighted by Crippen LogP contribution is 2.28. The van der Waals surface area contributed by atoms with Gasteiger partial charge in [-0.05, 0) is 43.3 Å². The zero-order valence-electron chi connectivity index (χ0n) is 16.0. The van der Waals surface area contributed by atoms with Gasteiger partial charge in [0.2, 0.25) is 5.91 Å². The summed E-state index contributed by atoms with van der Waals surface area (Å²) in [6.45, 7) is 4.33. The van der Waals surface area contributed by atoms with Gasteiger partial charge in [-0.3, -0.25) is 9.59 Å². The minimum atomic E-state index is -0.596. The third-order valence-corrected chi connectivity index (χ3v) is 5.09. The Bertz CT molecular complexity index is 833. The van der Waals surface area contributed by atoms with Crippen molar-refractivity contribution in [3.8, 4) is 5.75 Å². The summed E-state index contributed by atoms with van der Waals surface area (Å²) in [5.41, 5.74) is 1.51. The lowest BCUT2D eigenvalue weighted by Gasteiger charge is -2.37. The van der Waals surface area contributed by atoms with Crippen LogP contribution in [0.3, 0.4) is 0 Å². The summed E-state index contributed by atoms with van der Waals surface area (Å²) in [7, 11) is 1.66. The average Bonchev–Trinajstić information content (AvgIpc) is 2.73. The molecular formula is C21H24ClN3O3. The third kappa shape index (κ3) is 4.57. The second kappa shape index (κ2) is 8.97. The largest absolute Gasteiger partial charge is 0.495 e. The van der Waals surface area contributed by atoms with E-state index in [2.05, 4.69) is 10.2 Å². The van der Waals surface area contributed by atoms with Crippen LogP contribution in [-0.2, 0) is 4.79 Å². The van der Waals surface area contributed by atoms with Crippen LogP contribution in [0.5, 0.6) is 5.75 Å². The van der Waals surface area contributed by atoms with Gasteiger partial charge >= 0.3 is 0 Å². The molecule has 2 amide bonds. The zero-order valence-corrected chi connectivity index (χ0v) is 16.8. The summed E-state index contributed by atoms with van der Waals surface area (Å²) in [5, 5.41) is 3.33. The molecular weight excluding hydrogens is 378 g/mol. The van der Waals surface area contributed by atoms with Crippen LogP contribution in [0.2, 0.25) is 5.02 Å². The molecule has 0 saturated carbocycles. The molecule has 1 saturated heterocycles. The first-order chi connectivity index (χ1) is 13.5. The summed E-state index contributed by atoms with van der Waals surface area (Å²) in [4.78, 5) is 29.0. The van der Waals surface area contributed by atoms with Gasteiger partial charge in [0.1, 0.15) is 11.8 Å². The van der Waals surface area contributed by atoms with E-state index in [9.17, 15) is 9.59 Å². The Balaban J connectivity index is 1.55. The molecule has 1 fully saturated rings. The van der Waals surface area contributed by atoms with Crippen LogP contribution >= 0.6 is 11.6 Å². The Kier molecular flexibility index (Phi) is 6.41. The van der Waals surface area contributed by atoms with Crippen LogP contribution in [0.25, 0.3) is 0 Å². The molecule has 1 heterocycles. The number of para-hydroxylation sites is 2. The third-order valence-electron chi connectivity index (χ3n) is 4.84. The zero-order chi connectivity index (χ0) is 20.1. The van der Waals surface area contributed by atoms with Crippen molar-refractivity contribution in [2.24, 2.45) is 0 Å². The van der Waals surface area contributed by atoms with Crippen LogP contribution in [0, 0.1) is 0 Å². The van der Waals surface area contributed by atoms with E-state index in [0.29, 0.717) is 36.8 Å². The number of hydrogen-bond acceptors (Lipinski definition) is 4. The highest BCUT2D eigenvalue weighted by molar-refractivity contribution is 6.30. The van der Waals surface area contributed by atoms with Gasteiger partial charge in [-0.15, -0.1) is 0 Å². The van der Waals surface area contributed by atoms with E-state index in [1.54, 1.807) is 43.2 Å².